The molecule has 0 aliphatic heterocycles. The third-order valence-corrected chi connectivity index (χ3v) is 4.16. The van der Waals surface area contributed by atoms with Crippen LogP contribution in [0.2, 0.25) is 5.02 Å². The van der Waals surface area contributed by atoms with Crippen molar-refractivity contribution in [1.29, 1.82) is 0 Å². The van der Waals surface area contributed by atoms with Crippen LogP contribution in [0.5, 0.6) is 0 Å². The number of nitrogens with one attached hydrogen (secondary N) is 1. The summed E-state index contributed by atoms with van der Waals surface area (Å²) in [6.45, 7) is 2.02. The summed E-state index contributed by atoms with van der Waals surface area (Å²) in [6.07, 6.45) is 0.793. The van der Waals surface area contributed by atoms with Crippen molar-refractivity contribution < 1.29 is 4.39 Å². The van der Waals surface area contributed by atoms with Gasteiger partial charge in [-0.3, -0.25) is 0 Å². The molecule has 0 bridgehead atoms. The van der Waals surface area contributed by atoms with Crippen LogP contribution in [-0.2, 0) is 0 Å². The van der Waals surface area contributed by atoms with Crippen LogP contribution in [0.1, 0.15) is 24.9 Å². The predicted molar refractivity (Wildman–Crippen MR) is 82.2 cm³/mol. The molecule has 0 heterocycles. The normalized spacial score (nSPS) is 12.2. The van der Waals surface area contributed by atoms with Gasteiger partial charge in [-0.15, -0.1) is 0 Å². The largest absolute Gasteiger partial charge is 0.378 e. The Hall–Kier alpha value is -1.06. The molecule has 0 spiro atoms. The second-order valence-electron chi connectivity index (χ2n) is 4.26. The van der Waals surface area contributed by atoms with Crippen molar-refractivity contribution in [2.45, 2.75) is 19.4 Å². The van der Waals surface area contributed by atoms with E-state index in [2.05, 4.69) is 21.2 Å². The van der Waals surface area contributed by atoms with Crippen molar-refractivity contribution in [1.82, 2.24) is 0 Å². The van der Waals surface area contributed by atoms with E-state index in [0.29, 0.717) is 10.6 Å². The molecule has 0 aliphatic rings. The lowest BCUT2D eigenvalue weighted by molar-refractivity contribution is 0.587. The van der Waals surface area contributed by atoms with Crippen LogP contribution in [-0.4, -0.2) is 0 Å². The van der Waals surface area contributed by atoms with E-state index in [9.17, 15) is 4.39 Å². The van der Waals surface area contributed by atoms with Crippen LogP contribution >= 0.6 is 27.5 Å². The molecule has 1 N–H and O–H groups in total. The maximum Gasteiger partial charge on any atom is 0.128 e. The lowest BCUT2D eigenvalue weighted by Gasteiger charge is -2.19. The van der Waals surface area contributed by atoms with Gasteiger partial charge in [0.05, 0.1) is 11.1 Å². The van der Waals surface area contributed by atoms with Crippen LogP contribution in [0, 0.1) is 5.82 Å². The van der Waals surface area contributed by atoms with E-state index >= 15 is 0 Å². The Labute approximate surface area is 125 Å². The first kappa shape index (κ1) is 14.4. The lowest BCUT2D eigenvalue weighted by Crippen LogP contribution is -2.11. The van der Waals surface area contributed by atoms with E-state index in [1.54, 1.807) is 6.07 Å². The molecule has 1 nitrogen and oxygen atoms in total. The number of hydrogen-bond donors (Lipinski definition) is 1. The Morgan fingerprint density at radius 3 is 2.63 bits per heavy atom. The van der Waals surface area contributed by atoms with Crippen molar-refractivity contribution in [2.75, 3.05) is 5.32 Å². The van der Waals surface area contributed by atoms with E-state index in [1.165, 1.54) is 6.07 Å². The van der Waals surface area contributed by atoms with E-state index < -0.39 is 0 Å². The minimum absolute atomic E-state index is 0.0609. The summed E-state index contributed by atoms with van der Waals surface area (Å²) in [4.78, 5) is 0. The Morgan fingerprint density at radius 1 is 1.26 bits per heavy atom. The topological polar surface area (TPSA) is 12.0 Å². The van der Waals surface area contributed by atoms with Gasteiger partial charge in [0.1, 0.15) is 5.82 Å². The number of benzene rings is 2. The quantitative estimate of drug-likeness (QED) is 0.740. The zero-order valence-electron chi connectivity index (χ0n) is 10.5. The summed E-state index contributed by atoms with van der Waals surface area (Å²) in [5.41, 5.74) is 1.59. The molecular formula is C15H14BrClFN. The molecule has 0 amide bonds. The Balaban J connectivity index is 2.24. The van der Waals surface area contributed by atoms with Crippen molar-refractivity contribution >= 4 is 33.2 Å². The van der Waals surface area contributed by atoms with Gasteiger partial charge in [-0.2, -0.15) is 0 Å². The van der Waals surface area contributed by atoms with Gasteiger partial charge in [-0.1, -0.05) is 36.7 Å². The molecule has 2 aromatic carbocycles. The van der Waals surface area contributed by atoms with Crippen LogP contribution in [0.15, 0.2) is 46.9 Å². The molecule has 4 heteroatoms. The highest BCUT2D eigenvalue weighted by molar-refractivity contribution is 9.10. The average Bonchev–Trinajstić information content (AvgIpc) is 2.41. The third-order valence-electron chi connectivity index (χ3n) is 2.95. The monoisotopic (exact) mass is 341 g/mol. The average molecular weight is 343 g/mol. The molecule has 19 heavy (non-hydrogen) atoms. The van der Waals surface area contributed by atoms with Crippen molar-refractivity contribution in [3.8, 4) is 0 Å². The van der Waals surface area contributed by atoms with E-state index in [4.69, 9.17) is 11.6 Å². The fourth-order valence-electron chi connectivity index (χ4n) is 1.94. The smallest absolute Gasteiger partial charge is 0.128 e. The summed E-state index contributed by atoms with van der Waals surface area (Å²) in [5.74, 6) is -0.185. The van der Waals surface area contributed by atoms with Gasteiger partial charge in [0, 0.05) is 15.7 Å². The fraction of sp³-hybridized carbons (Fsp3) is 0.200. The van der Waals surface area contributed by atoms with Crippen molar-refractivity contribution in [3.05, 3.63) is 63.3 Å². The molecular weight excluding hydrogens is 329 g/mol. The number of hydrogen-bond acceptors (Lipinski definition) is 1. The summed E-state index contributed by atoms with van der Waals surface area (Å²) >= 11 is 9.34. The molecule has 1 unspecified atom stereocenters. The lowest BCUT2D eigenvalue weighted by atomic mass is 10.0. The molecule has 0 aliphatic carbocycles. The highest BCUT2D eigenvalue weighted by Crippen LogP contribution is 2.29. The number of anilines is 1. The van der Waals surface area contributed by atoms with E-state index in [0.717, 1.165) is 16.6 Å². The SMILES string of the molecule is CCC(Nc1ccc(Cl)c(Br)c1)c1ccccc1F. The molecule has 0 saturated carbocycles. The number of rotatable bonds is 4. The second-order valence-corrected chi connectivity index (χ2v) is 5.52. The van der Waals surface area contributed by atoms with E-state index in [1.807, 2.05) is 37.3 Å². The molecule has 2 aromatic rings. The molecule has 0 aromatic heterocycles. The first-order chi connectivity index (χ1) is 9.11. The summed E-state index contributed by atoms with van der Waals surface area (Å²) in [7, 11) is 0. The third kappa shape index (κ3) is 3.48. The minimum Gasteiger partial charge on any atom is -0.378 e. The van der Waals surface area contributed by atoms with Crippen molar-refractivity contribution in [3.63, 3.8) is 0 Å². The second kappa shape index (κ2) is 6.40. The highest BCUT2D eigenvalue weighted by Gasteiger charge is 2.13. The molecule has 2 rings (SSSR count). The predicted octanol–water partition coefficient (Wildman–Crippen LogP) is 5.80. The molecule has 0 radical (unpaired) electrons. The molecule has 0 fully saturated rings. The first-order valence-electron chi connectivity index (χ1n) is 6.08. The van der Waals surface area contributed by atoms with Gasteiger partial charge in [0.25, 0.3) is 0 Å². The zero-order valence-corrected chi connectivity index (χ0v) is 12.8. The van der Waals surface area contributed by atoms with Gasteiger partial charge in [-0.25, -0.2) is 4.39 Å². The zero-order chi connectivity index (χ0) is 13.8. The Kier molecular flexibility index (Phi) is 4.83. The van der Waals surface area contributed by atoms with Gasteiger partial charge in [0.15, 0.2) is 0 Å². The highest BCUT2D eigenvalue weighted by atomic mass is 79.9. The van der Waals surface area contributed by atoms with Crippen LogP contribution < -0.4 is 5.32 Å². The molecule has 1 atom stereocenters. The Morgan fingerprint density at radius 2 is 2.00 bits per heavy atom. The number of halogens is 3. The van der Waals surface area contributed by atoms with E-state index in [-0.39, 0.29) is 11.9 Å². The van der Waals surface area contributed by atoms with Gasteiger partial charge >= 0.3 is 0 Å². The van der Waals surface area contributed by atoms with Crippen LogP contribution in [0.25, 0.3) is 0 Å². The van der Waals surface area contributed by atoms with Gasteiger partial charge in [-0.05, 0) is 46.6 Å². The standard InChI is InChI=1S/C15H14BrClFN/c1-2-15(11-5-3-4-6-14(11)18)19-10-7-8-13(17)12(16)9-10/h3-9,15,19H,2H2,1H3. The molecule has 0 saturated heterocycles. The maximum atomic E-state index is 13.8. The summed E-state index contributed by atoms with van der Waals surface area (Å²) in [6, 6.07) is 12.4. The molecule has 100 valence electrons. The summed E-state index contributed by atoms with van der Waals surface area (Å²) < 4.78 is 14.6. The maximum absolute atomic E-state index is 13.8. The minimum atomic E-state index is -0.185. The van der Waals surface area contributed by atoms with Gasteiger partial charge in [0.2, 0.25) is 0 Å². The Bertz CT molecular complexity index is 574. The van der Waals surface area contributed by atoms with Crippen LogP contribution in [0.4, 0.5) is 10.1 Å². The van der Waals surface area contributed by atoms with Crippen LogP contribution in [0.3, 0.4) is 0 Å². The fourth-order valence-corrected chi connectivity index (χ4v) is 2.44. The van der Waals surface area contributed by atoms with Gasteiger partial charge < -0.3 is 5.32 Å². The first-order valence-corrected chi connectivity index (χ1v) is 7.25. The summed E-state index contributed by atoms with van der Waals surface area (Å²) in [5, 5.41) is 3.98. The van der Waals surface area contributed by atoms with Crippen molar-refractivity contribution in [2.24, 2.45) is 0 Å².